The molecule has 1 saturated carbocycles. The third kappa shape index (κ3) is 5.16. The first-order valence-electron chi connectivity index (χ1n) is 6.35. The highest BCUT2D eigenvalue weighted by atomic mass is 32.2. The van der Waals surface area contributed by atoms with Gasteiger partial charge in [-0.3, -0.25) is 0 Å². The van der Waals surface area contributed by atoms with Gasteiger partial charge in [-0.2, -0.15) is 8.78 Å². The molecule has 1 aromatic heterocycles. The summed E-state index contributed by atoms with van der Waals surface area (Å²) < 4.78 is 48.1. The molecule has 21 heavy (non-hydrogen) atoms. The number of halogens is 2. The van der Waals surface area contributed by atoms with Gasteiger partial charge in [-0.1, -0.05) is 11.3 Å². The Kier molecular flexibility index (Phi) is 5.04. The molecule has 1 aliphatic rings. The van der Waals surface area contributed by atoms with Crippen LogP contribution in [0.3, 0.4) is 0 Å². The molecule has 1 aromatic rings. The summed E-state index contributed by atoms with van der Waals surface area (Å²) in [6, 6.07) is 0. The van der Waals surface area contributed by atoms with Crippen molar-refractivity contribution in [1.82, 2.24) is 4.98 Å². The molecule has 1 fully saturated rings. The molecule has 0 spiro atoms. The number of rotatable bonds is 7. The minimum Gasteiger partial charge on any atom is -0.624 e. The smallest absolute Gasteiger partial charge is 0.266 e. The lowest BCUT2D eigenvalue weighted by Crippen LogP contribution is -2.08. The van der Waals surface area contributed by atoms with E-state index in [0.29, 0.717) is 23.4 Å². The van der Waals surface area contributed by atoms with Crippen LogP contribution in [0.5, 0.6) is 0 Å². The standard InChI is InChI=1S/C12H14F2N2O3S2/c13-11(14)2-1-5-21(18,19)12-15-6-10(20-12)8-16(17)7-9-3-4-9/h2,6,8-9H,1,3-5,7H2/b16-8-. The number of allylic oxidation sites excluding steroid dienone is 1. The van der Waals surface area contributed by atoms with Gasteiger partial charge in [-0.05, 0) is 25.3 Å². The number of hydrogen-bond acceptors (Lipinski definition) is 5. The third-order valence-corrected chi connectivity index (χ3v) is 6.01. The van der Waals surface area contributed by atoms with Crippen molar-refractivity contribution < 1.29 is 21.9 Å². The molecule has 1 aliphatic carbocycles. The van der Waals surface area contributed by atoms with Crippen LogP contribution in [0.1, 0.15) is 24.1 Å². The van der Waals surface area contributed by atoms with Gasteiger partial charge in [0.25, 0.3) is 6.08 Å². The van der Waals surface area contributed by atoms with Gasteiger partial charge in [0.1, 0.15) is 4.88 Å². The van der Waals surface area contributed by atoms with Crippen molar-refractivity contribution in [2.75, 3.05) is 12.3 Å². The highest BCUT2D eigenvalue weighted by Crippen LogP contribution is 2.28. The SMILES string of the molecule is O=S(=O)(CCC=C(F)F)c1ncc(/C=[N+](\[O-])CC2CC2)s1. The molecule has 0 atom stereocenters. The van der Waals surface area contributed by atoms with Crippen molar-refractivity contribution in [3.05, 3.63) is 28.4 Å². The molecule has 0 unspecified atom stereocenters. The van der Waals surface area contributed by atoms with E-state index in [9.17, 15) is 22.4 Å². The van der Waals surface area contributed by atoms with E-state index in [-0.39, 0.29) is 10.8 Å². The topological polar surface area (TPSA) is 73.1 Å². The van der Waals surface area contributed by atoms with Crippen molar-refractivity contribution in [3.63, 3.8) is 0 Å². The highest BCUT2D eigenvalue weighted by molar-refractivity contribution is 7.93. The fourth-order valence-corrected chi connectivity index (χ4v) is 4.08. The second-order valence-electron chi connectivity index (χ2n) is 4.80. The maximum absolute atomic E-state index is 11.9. The Balaban J connectivity index is 2.02. The molecule has 1 heterocycles. The minimum absolute atomic E-state index is 0.152. The monoisotopic (exact) mass is 336 g/mol. The Morgan fingerprint density at radius 3 is 2.86 bits per heavy atom. The first kappa shape index (κ1) is 16.0. The molecule has 0 saturated heterocycles. The number of hydrogen-bond donors (Lipinski definition) is 0. The Morgan fingerprint density at radius 1 is 1.52 bits per heavy atom. The highest BCUT2D eigenvalue weighted by Gasteiger charge is 2.25. The van der Waals surface area contributed by atoms with E-state index < -0.39 is 21.7 Å². The van der Waals surface area contributed by atoms with Gasteiger partial charge >= 0.3 is 0 Å². The van der Waals surface area contributed by atoms with Crippen LogP contribution >= 0.6 is 11.3 Å². The number of sulfone groups is 1. The summed E-state index contributed by atoms with van der Waals surface area (Å²) in [6.45, 7) is 0.403. The molecule has 0 amide bonds. The quantitative estimate of drug-likeness (QED) is 0.332. The molecule has 9 heteroatoms. The van der Waals surface area contributed by atoms with Crippen molar-refractivity contribution in [1.29, 1.82) is 0 Å². The molecule has 116 valence electrons. The lowest BCUT2D eigenvalue weighted by Gasteiger charge is -2.00. The number of thiazole rings is 1. The molecule has 0 radical (unpaired) electrons. The fourth-order valence-electron chi connectivity index (χ4n) is 1.63. The van der Waals surface area contributed by atoms with E-state index in [1.54, 1.807) is 0 Å². The van der Waals surface area contributed by atoms with E-state index >= 15 is 0 Å². The molecule has 0 aromatic carbocycles. The van der Waals surface area contributed by atoms with Gasteiger partial charge < -0.3 is 5.21 Å². The Hall–Kier alpha value is -1.35. The van der Waals surface area contributed by atoms with Crippen molar-refractivity contribution in [2.24, 2.45) is 5.92 Å². The first-order chi connectivity index (χ1) is 9.87. The van der Waals surface area contributed by atoms with Crippen molar-refractivity contribution >= 4 is 27.4 Å². The van der Waals surface area contributed by atoms with Crippen LogP contribution < -0.4 is 0 Å². The Bertz CT molecular complexity index is 660. The number of aromatic nitrogens is 1. The Labute approximate surface area is 125 Å². The summed E-state index contributed by atoms with van der Waals surface area (Å²) in [5.74, 6) is -0.00209. The average Bonchev–Trinajstić information content (AvgIpc) is 3.03. The van der Waals surface area contributed by atoms with E-state index in [1.165, 1.54) is 12.4 Å². The summed E-state index contributed by atoms with van der Waals surface area (Å²) in [5, 5.41) is 11.6. The van der Waals surface area contributed by atoms with Crippen LogP contribution in [-0.4, -0.2) is 36.7 Å². The fraction of sp³-hybridized carbons (Fsp3) is 0.500. The van der Waals surface area contributed by atoms with E-state index in [0.717, 1.165) is 28.9 Å². The van der Waals surface area contributed by atoms with Crippen LogP contribution in [0.4, 0.5) is 8.78 Å². The summed E-state index contributed by atoms with van der Waals surface area (Å²) in [6.07, 6.45) is 3.12. The van der Waals surface area contributed by atoms with Crippen LogP contribution in [0.25, 0.3) is 0 Å². The average molecular weight is 336 g/mol. The molecule has 5 nitrogen and oxygen atoms in total. The van der Waals surface area contributed by atoms with Crippen LogP contribution in [0.2, 0.25) is 0 Å². The molecular formula is C12H14F2N2O3S2. The molecule has 0 aliphatic heterocycles. The molecule has 0 N–H and O–H groups in total. The van der Waals surface area contributed by atoms with Gasteiger partial charge in [0.2, 0.25) is 14.2 Å². The summed E-state index contributed by atoms with van der Waals surface area (Å²) >= 11 is 0.870. The molecule has 0 bridgehead atoms. The third-order valence-electron chi connectivity index (χ3n) is 2.86. The summed E-state index contributed by atoms with van der Waals surface area (Å²) in [7, 11) is -3.69. The zero-order valence-corrected chi connectivity index (χ0v) is 12.7. The van der Waals surface area contributed by atoms with Gasteiger partial charge in [0, 0.05) is 5.92 Å². The minimum atomic E-state index is -3.69. The van der Waals surface area contributed by atoms with Gasteiger partial charge in [0.15, 0.2) is 12.8 Å². The van der Waals surface area contributed by atoms with Crippen LogP contribution in [0, 0.1) is 11.1 Å². The van der Waals surface area contributed by atoms with Crippen LogP contribution in [0.15, 0.2) is 22.7 Å². The first-order valence-corrected chi connectivity index (χ1v) is 8.82. The zero-order chi connectivity index (χ0) is 15.5. The van der Waals surface area contributed by atoms with E-state index in [1.807, 2.05) is 0 Å². The second kappa shape index (κ2) is 6.61. The van der Waals surface area contributed by atoms with Crippen molar-refractivity contribution in [2.45, 2.75) is 23.6 Å². The molecular weight excluding hydrogens is 322 g/mol. The number of hydroxylamine groups is 1. The summed E-state index contributed by atoms with van der Waals surface area (Å²) in [5.41, 5.74) is 0. The predicted octanol–water partition coefficient (Wildman–Crippen LogP) is 2.43. The predicted molar refractivity (Wildman–Crippen MR) is 75.5 cm³/mol. The molecule has 2 rings (SSSR count). The van der Waals surface area contributed by atoms with Crippen LogP contribution in [-0.2, 0) is 9.84 Å². The second-order valence-corrected chi connectivity index (χ2v) is 8.15. The van der Waals surface area contributed by atoms with Crippen molar-refractivity contribution in [3.8, 4) is 0 Å². The Morgan fingerprint density at radius 2 is 2.24 bits per heavy atom. The largest absolute Gasteiger partial charge is 0.624 e. The van der Waals surface area contributed by atoms with E-state index in [4.69, 9.17) is 0 Å². The lowest BCUT2D eigenvalue weighted by molar-refractivity contribution is -0.456. The maximum Gasteiger partial charge on any atom is 0.266 e. The summed E-state index contributed by atoms with van der Waals surface area (Å²) in [4.78, 5) is 4.20. The van der Waals surface area contributed by atoms with Gasteiger partial charge in [-0.15, -0.1) is 0 Å². The van der Waals surface area contributed by atoms with E-state index in [2.05, 4.69) is 4.98 Å². The normalized spacial score (nSPS) is 16.0. The lowest BCUT2D eigenvalue weighted by atomic mass is 10.4. The van der Waals surface area contributed by atoms with Gasteiger partial charge in [0.05, 0.1) is 11.9 Å². The maximum atomic E-state index is 11.9. The zero-order valence-electron chi connectivity index (χ0n) is 11.0. The van der Waals surface area contributed by atoms with Gasteiger partial charge in [-0.25, -0.2) is 18.1 Å². The number of nitrogens with zero attached hydrogens (tertiary/aromatic N) is 2.